The highest BCUT2D eigenvalue weighted by Crippen LogP contribution is 2.28. The Morgan fingerprint density at radius 3 is 2.27 bits per heavy atom. The third-order valence-electron chi connectivity index (χ3n) is 8.44. The van der Waals surface area contributed by atoms with E-state index in [4.69, 9.17) is 5.10 Å². The molecule has 1 aliphatic rings. The van der Waals surface area contributed by atoms with Crippen molar-refractivity contribution < 1.29 is 9.59 Å². The lowest BCUT2D eigenvalue weighted by molar-refractivity contribution is -0.132. The quantitative estimate of drug-likeness (QED) is 0.207. The van der Waals surface area contributed by atoms with E-state index in [1.54, 1.807) is 4.68 Å². The monoisotopic (exact) mass is 591 g/mol. The van der Waals surface area contributed by atoms with Gasteiger partial charge in [0.15, 0.2) is 0 Å². The van der Waals surface area contributed by atoms with Gasteiger partial charge in [-0.05, 0) is 74.3 Å². The maximum atomic E-state index is 13.3. The van der Waals surface area contributed by atoms with Gasteiger partial charge in [-0.1, -0.05) is 87.0 Å². The molecule has 0 aliphatic carbocycles. The number of carbonyl (C=O) groups is 2. The van der Waals surface area contributed by atoms with Crippen molar-refractivity contribution >= 4 is 23.4 Å². The molecule has 3 amide bonds. The molecule has 2 heterocycles. The molecular weight excluding hydrogens is 546 g/mol. The largest absolute Gasteiger partial charge is 0.343 e. The van der Waals surface area contributed by atoms with Gasteiger partial charge in [0.05, 0.1) is 11.4 Å². The van der Waals surface area contributed by atoms with Gasteiger partial charge in [0.1, 0.15) is 5.82 Å². The Balaban J connectivity index is 1.17. The van der Waals surface area contributed by atoms with Crippen LogP contribution in [0.15, 0.2) is 84.9 Å². The second-order valence-electron chi connectivity index (χ2n) is 13.0. The lowest BCUT2D eigenvalue weighted by Crippen LogP contribution is -2.38. The average Bonchev–Trinajstić information content (AvgIpc) is 3.43. The SMILES string of the molecule is Cc1ccc(-n2nc(C(C)(C)C)cc2NC(=O)Nc2ccccc2CC2CCN(C(=O)CCCc3ccccc3)CC2)cc1. The maximum absolute atomic E-state index is 13.3. The molecule has 5 rings (SSSR count). The molecule has 0 unspecified atom stereocenters. The van der Waals surface area contributed by atoms with E-state index in [0.29, 0.717) is 18.2 Å². The van der Waals surface area contributed by atoms with Gasteiger partial charge in [0, 0.05) is 36.7 Å². The average molecular weight is 592 g/mol. The molecule has 3 aromatic carbocycles. The van der Waals surface area contributed by atoms with Crippen LogP contribution in [-0.4, -0.2) is 39.7 Å². The van der Waals surface area contributed by atoms with Crippen molar-refractivity contribution in [2.75, 3.05) is 23.7 Å². The van der Waals surface area contributed by atoms with Crippen molar-refractivity contribution in [3.63, 3.8) is 0 Å². The van der Waals surface area contributed by atoms with Gasteiger partial charge in [-0.3, -0.25) is 10.1 Å². The number of para-hydroxylation sites is 1. The fourth-order valence-electron chi connectivity index (χ4n) is 5.75. The summed E-state index contributed by atoms with van der Waals surface area (Å²) >= 11 is 0. The number of rotatable bonds is 9. The molecule has 0 saturated carbocycles. The van der Waals surface area contributed by atoms with Gasteiger partial charge in [0.25, 0.3) is 0 Å². The normalized spacial score (nSPS) is 14.0. The topological polar surface area (TPSA) is 79.3 Å². The third kappa shape index (κ3) is 8.16. The lowest BCUT2D eigenvalue weighted by atomic mass is 9.89. The number of anilines is 2. The van der Waals surface area contributed by atoms with Crippen molar-refractivity contribution in [3.05, 3.63) is 107 Å². The highest BCUT2D eigenvalue weighted by atomic mass is 16.2. The first-order chi connectivity index (χ1) is 21.2. The fourth-order valence-corrected chi connectivity index (χ4v) is 5.75. The second kappa shape index (κ2) is 13.9. The zero-order valence-corrected chi connectivity index (χ0v) is 26.5. The number of nitrogens with zero attached hydrogens (tertiary/aromatic N) is 3. The molecule has 2 N–H and O–H groups in total. The minimum absolute atomic E-state index is 0.169. The van der Waals surface area contributed by atoms with Crippen molar-refractivity contribution in [1.29, 1.82) is 0 Å². The molecule has 1 aliphatic heterocycles. The highest BCUT2D eigenvalue weighted by molar-refractivity contribution is 6.00. The molecular formula is C37H45N5O2. The summed E-state index contributed by atoms with van der Waals surface area (Å²) < 4.78 is 1.79. The number of urea groups is 1. The summed E-state index contributed by atoms with van der Waals surface area (Å²) in [5.74, 6) is 1.35. The summed E-state index contributed by atoms with van der Waals surface area (Å²) in [6, 6.07) is 28.1. The Bertz CT molecular complexity index is 1550. The maximum Gasteiger partial charge on any atom is 0.324 e. The molecule has 1 saturated heterocycles. The van der Waals surface area contributed by atoms with E-state index in [2.05, 4.69) is 56.5 Å². The predicted octanol–water partition coefficient (Wildman–Crippen LogP) is 7.93. The number of carbonyl (C=O) groups excluding carboxylic acids is 2. The standard InChI is InChI=1S/C37H45N5O2/c1-27-17-19-31(20-18-27)42-34(26-33(40-42)37(2,3)4)39-36(44)38-32-15-9-8-14-30(32)25-29-21-23-41(24-22-29)35(43)16-10-13-28-11-6-5-7-12-28/h5-9,11-12,14-15,17-20,26,29H,10,13,16,21-25H2,1-4H3,(H2,38,39,44). The number of amides is 3. The van der Waals surface area contributed by atoms with Crippen LogP contribution >= 0.6 is 0 Å². The van der Waals surface area contributed by atoms with E-state index in [0.717, 1.165) is 73.4 Å². The first-order valence-electron chi connectivity index (χ1n) is 15.8. The molecule has 1 aromatic heterocycles. The van der Waals surface area contributed by atoms with Crippen LogP contribution in [-0.2, 0) is 23.1 Å². The Kier molecular flexibility index (Phi) is 9.83. The van der Waals surface area contributed by atoms with E-state index in [9.17, 15) is 9.59 Å². The first-order valence-corrected chi connectivity index (χ1v) is 15.8. The summed E-state index contributed by atoms with van der Waals surface area (Å²) in [6.45, 7) is 9.98. The van der Waals surface area contributed by atoms with E-state index in [1.807, 2.05) is 71.6 Å². The van der Waals surface area contributed by atoms with E-state index < -0.39 is 0 Å². The van der Waals surface area contributed by atoms with Crippen molar-refractivity contribution in [1.82, 2.24) is 14.7 Å². The first kappa shape index (κ1) is 31.0. The van der Waals surface area contributed by atoms with Crippen LogP contribution in [0.2, 0.25) is 0 Å². The van der Waals surface area contributed by atoms with E-state index >= 15 is 0 Å². The summed E-state index contributed by atoms with van der Waals surface area (Å²) in [4.78, 5) is 28.2. The Morgan fingerprint density at radius 2 is 1.57 bits per heavy atom. The molecule has 4 aromatic rings. The Hall–Kier alpha value is -4.39. The van der Waals surface area contributed by atoms with Crippen LogP contribution in [0.1, 0.15) is 68.8 Å². The van der Waals surface area contributed by atoms with Crippen molar-refractivity contribution in [2.45, 2.75) is 71.6 Å². The minimum Gasteiger partial charge on any atom is -0.343 e. The van der Waals surface area contributed by atoms with E-state index in [1.165, 1.54) is 5.56 Å². The predicted molar refractivity (Wildman–Crippen MR) is 178 cm³/mol. The molecule has 0 bridgehead atoms. The molecule has 0 spiro atoms. The Morgan fingerprint density at radius 1 is 0.886 bits per heavy atom. The van der Waals surface area contributed by atoms with Crippen LogP contribution in [0.25, 0.3) is 5.69 Å². The number of nitrogens with one attached hydrogen (secondary N) is 2. The summed E-state index contributed by atoms with van der Waals surface area (Å²) in [5, 5.41) is 11.0. The molecule has 0 atom stereocenters. The number of hydrogen-bond donors (Lipinski definition) is 2. The van der Waals surface area contributed by atoms with Gasteiger partial charge in [-0.2, -0.15) is 5.10 Å². The summed E-state index contributed by atoms with van der Waals surface area (Å²) in [6.07, 6.45) is 5.22. The molecule has 230 valence electrons. The van der Waals surface area contributed by atoms with Crippen LogP contribution in [0.4, 0.5) is 16.3 Å². The van der Waals surface area contributed by atoms with E-state index in [-0.39, 0.29) is 17.4 Å². The third-order valence-corrected chi connectivity index (χ3v) is 8.44. The van der Waals surface area contributed by atoms with Gasteiger partial charge >= 0.3 is 6.03 Å². The number of likely N-dealkylation sites (tertiary alicyclic amines) is 1. The molecule has 44 heavy (non-hydrogen) atoms. The van der Waals surface area contributed by atoms with Crippen LogP contribution in [0, 0.1) is 12.8 Å². The van der Waals surface area contributed by atoms with Crippen LogP contribution < -0.4 is 10.6 Å². The molecule has 7 nitrogen and oxygen atoms in total. The zero-order valence-electron chi connectivity index (χ0n) is 26.5. The van der Waals surface area contributed by atoms with Crippen LogP contribution in [0.3, 0.4) is 0 Å². The molecule has 0 radical (unpaired) electrons. The number of benzene rings is 3. The molecule has 7 heteroatoms. The van der Waals surface area contributed by atoms with Crippen molar-refractivity contribution in [2.24, 2.45) is 5.92 Å². The number of piperidine rings is 1. The van der Waals surface area contributed by atoms with Crippen molar-refractivity contribution in [3.8, 4) is 5.69 Å². The number of aryl methyl sites for hydroxylation is 2. The second-order valence-corrected chi connectivity index (χ2v) is 13.0. The van der Waals surface area contributed by atoms with Gasteiger partial charge in [-0.15, -0.1) is 0 Å². The highest BCUT2D eigenvalue weighted by Gasteiger charge is 2.24. The number of hydrogen-bond acceptors (Lipinski definition) is 3. The van der Waals surface area contributed by atoms with Gasteiger partial charge in [-0.25, -0.2) is 9.48 Å². The summed E-state index contributed by atoms with van der Waals surface area (Å²) in [5.41, 5.74) is 5.98. The van der Waals surface area contributed by atoms with Crippen LogP contribution in [0.5, 0.6) is 0 Å². The Labute approximate surface area is 261 Å². The lowest BCUT2D eigenvalue weighted by Gasteiger charge is -2.32. The summed E-state index contributed by atoms with van der Waals surface area (Å²) in [7, 11) is 0. The minimum atomic E-state index is -0.304. The zero-order chi connectivity index (χ0) is 31.1. The van der Waals surface area contributed by atoms with Gasteiger partial charge < -0.3 is 10.2 Å². The number of aromatic nitrogens is 2. The fraction of sp³-hybridized carbons (Fsp3) is 0.378. The smallest absolute Gasteiger partial charge is 0.324 e. The van der Waals surface area contributed by atoms with Gasteiger partial charge in [0.2, 0.25) is 5.91 Å². The molecule has 1 fully saturated rings.